The number of carbonyl (C=O) groups excluding carboxylic acids is 1. The number of rotatable bonds is 2. The van der Waals surface area contributed by atoms with Crippen molar-refractivity contribution in [2.75, 3.05) is 22.5 Å². The Bertz CT molecular complexity index is 908. The molecule has 1 heterocycles. The molecular weight excluding hydrogens is 421 g/mol. The summed E-state index contributed by atoms with van der Waals surface area (Å²) in [5.41, 5.74) is 18.0. The van der Waals surface area contributed by atoms with Gasteiger partial charge in [0, 0.05) is 22.7 Å². The van der Waals surface area contributed by atoms with E-state index in [9.17, 15) is 22.8 Å². The molecule has 0 aliphatic rings. The molecule has 3 rings (SSSR count). The smallest absolute Gasteiger partial charge is 0.471 e. The predicted molar refractivity (Wildman–Crippen MR) is 112 cm³/mol. The lowest BCUT2D eigenvalue weighted by molar-refractivity contribution is -0.167. The molecule has 2 aromatic carbocycles. The van der Waals surface area contributed by atoms with Gasteiger partial charge in [-0.25, -0.2) is 4.79 Å². The summed E-state index contributed by atoms with van der Waals surface area (Å²) in [7, 11) is 0. The molecular formula is C19H19F3N4O3S. The van der Waals surface area contributed by atoms with Crippen LogP contribution in [-0.4, -0.2) is 23.2 Å². The monoisotopic (exact) mass is 440 g/mol. The molecule has 30 heavy (non-hydrogen) atoms. The first kappa shape index (κ1) is 24.3. The highest BCUT2D eigenvalue weighted by atomic mass is 32.1. The Labute approximate surface area is 173 Å². The molecule has 0 fully saturated rings. The lowest BCUT2D eigenvalue weighted by atomic mass is 10.3. The van der Waals surface area contributed by atoms with Crippen LogP contribution in [0.5, 0.6) is 0 Å². The Morgan fingerprint density at radius 3 is 1.57 bits per heavy atom. The molecule has 0 spiro atoms. The minimum atomic E-state index is -4.87. The van der Waals surface area contributed by atoms with Crippen molar-refractivity contribution < 1.29 is 27.9 Å². The van der Waals surface area contributed by atoms with Gasteiger partial charge in [0.1, 0.15) is 4.88 Å². The summed E-state index contributed by atoms with van der Waals surface area (Å²) >= 11 is 1.23. The maximum absolute atomic E-state index is 11.8. The number of alkyl halides is 3. The first-order chi connectivity index (χ1) is 14.0. The number of nitrogen functional groups attached to an aromatic ring is 3. The van der Waals surface area contributed by atoms with E-state index in [4.69, 9.17) is 22.3 Å². The molecule has 3 aromatic rings. The molecule has 11 heteroatoms. The van der Waals surface area contributed by atoms with E-state index in [1.807, 2.05) is 0 Å². The lowest BCUT2D eigenvalue weighted by Gasteiger charge is -2.07. The number of anilines is 4. The van der Waals surface area contributed by atoms with E-state index in [0.29, 0.717) is 10.6 Å². The summed E-state index contributed by atoms with van der Waals surface area (Å²) in [6, 6.07) is 15.8. The van der Waals surface area contributed by atoms with Crippen LogP contribution in [0.25, 0.3) is 0 Å². The number of carbonyl (C=O) groups is 2. The SMILES string of the molecule is Nc1ccc(N)cc1.Nc1ccc(NC(=O)C(F)(F)F)cc1.O=C(O)c1cccs1. The van der Waals surface area contributed by atoms with Crippen LogP contribution >= 0.6 is 11.3 Å². The number of benzene rings is 2. The average molecular weight is 440 g/mol. The zero-order valence-electron chi connectivity index (χ0n) is 15.4. The second-order valence-electron chi connectivity index (χ2n) is 5.52. The minimum absolute atomic E-state index is 0.0570. The Kier molecular flexibility index (Phi) is 9.17. The molecule has 7 nitrogen and oxygen atoms in total. The maximum Gasteiger partial charge on any atom is 0.471 e. The van der Waals surface area contributed by atoms with Crippen molar-refractivity contribution in [1.29, 1.82) is 0 Å². The van der Waals surface area contributed by atoms with E-state index in [0.717, 1.165) is 11.4 Å². The number of nitrogens with two attached hydrogens (primary N) is 3. The van der Waals surface area contributed by atoms with Crippen molar-refractivity contribution in [1.82, 2.24) is 0 Å². The minimum Gasteiger partial charge on any atom is -0.477 e. The average Bonchev–Trinajstić information content (AvgIpc) is 3.21. The first-order valence-electron chi connectivity index (χ1n) is 8.10. The molecule has 0 unspecified atom stereocenters. The van der Waals surface area contributed by atoms with Gasteiger partial charge in [-0.15, -0.1) is 11.3 Å². The predicted octanol–water partition coefficient (Wildman–Crippen LogP) is 4.07. The number of amides is 1. The Balaban J connectivity index is 0.000000240. The van der Waals surface area contributed by atoms with E-state index in [1.54, 1.807) is 47.1 Å². The standard InChI is InChI=1S/C8H7F3N2O.C6H8N2.C5H4O2S/c9-8(10,11)7(14)13-6-3-1-5(12)2-4-6;7-5-1-2-6(8)4-3-5;6-5(7)4-2-1-3-8-4/h1-4H,12H2,(H,13,14);1-4H,7-8H2;1-3H,(H,6,7). The van der Waals surface area contributed by atoms with Gasteiger partial charge in [0.05, 0.1) is 0 Å². The number of halogens is 3. The van der Waals surface area contributed by atoms with Gasteiger partial charge in [-0.1, -0.05) is 6.07 Å². The lowest BCUT2D eigenvalue weighted by Crippen LogP contribution is -2.29. The largest absolute Gasteiger partial charge is 0.477 e. The molecule has 8 N–H and O–H groups in total. The molecule has 0 saturated carbocycles. The van der Waals surface area contributed by atoms with E-state index in [-0.39, 0.29) is 5.69 Å². The molecule has 0 atom stereocenters. The van der Waals surface area contributed by atoms with Crippen molar-refractivity contribution in [2.45, 2.75) is 6.18 Å². The van der Waals surface area contributed by atoms with Gasteiger partial charge in [0.25, 0.3) is 0 Å². The quantitative estimate of drug-likeness (QED) is 0.380. The summed E-state index contributed by atoms with van der Waals surface area (Å²) in [6.45, 7) is 0. The Morgan fingerprint density at radius 2 is 1.27 bits per heavy atom. The highest BCUT2D eigenvalue weighted by Gasteiger charge is 2.38. The topological polar surface area (TPSA) is 144 Å². The van der Waals surface area contributed by atoms with Gasteiger partial charge in [-0.2, -0.15) is 13.2 Å². The number of carboxylic acids is 1. The summed E-state index contributed by atoms with van der Waals surface area (Å²) in [6.07, 6.45) is -4.87. The van der Waals surface area contributed by atoms with Crippen molar-refractivity contribution >= 4 is 46.0 Å². The van der Waals surface area contributed by atoms with Crippen LogP contribution in [0.3, 0.4) is 0 Å². The number of hydrogen-bond acceptors (Lipinski definition) is 6. The summed E-state index contributed by atoms with van der Waals surface area (Å²) in [5.74, 6) is -2.85. The third kappa shape index (κ3) is 9.46. The first-order valence-corrected chi connectivity index (χ1v) is 8.98. The zero-order chi connectivity index (χ0) is 22.7. The number of nitrogens with one attached hydrogen (secondary N) is 1. The molecule has 0 aliphatic carbocycles. The van der Waals surface area contributed by atoms with Crippen LogP contribution in [-0.2, 0) is 4.79 Å². The second kappa shape index (κ2) is 11.3. The number of carboxylic acid groups (broad SMARTS) is 1. The summed E-state index contributed by atoms with van der Waals surface area (Å²) in [5, 5.41) is 11.7. The fraction of sp³-hybridized carbons (Fsp3) is 0.0526. The second-order valence-corrected chi connectivity index (χ2v) is 6.47. The van der Waals surface area contributed by atoms with Gasteiger partial charge < -0.3 is 27.6 Å². The molecule has 1 amide bonds. The van der Waals surface area contributed by atoms with Gasteiger partial charge in [-0.05, 0) is 60.0 Å². The zero-order valence-corrected chi connectivity index (χ0v) is 16.2. The molecule has 0 radical (unpaired) electrons. The molecule has 0 bridgehead atoms. The Morgan fingerprint density at radius 1 is 0.833 bits per heavy atom. The third-order valence-electron chi connectivity index (χ3n) is 3.09. The molecule has 0 saturated heterocycles. The summed E-state index contributed by atoms with van der Waals surface area (Å²) in [4.78, 5) is 20.9. The highest BCUT2D eigenvalue weighted by Crippen LogP contribution is 2.18. The van der Waals surface area contributed by atoms with E-state index < -0.39 is 18.1 Å². The van der Waals surface area contributed by atoms with Crippen molar-refractivity contribution in [2.24, 2.45) is 0 Å². The van der Waals surface area contributed by atoms with Crippen molar-refractivity contribution in [3.8, 4) is 0 Å². The third-order valence-corrected chi connectivity index (χ3v) is 3.95. The molecule has 1 aromatic heterocycles. The van der Waals surface area contributed by atoms with Gasteiger partial charge in [-0.3, -0.25) is 4.79 Å². The van der Waals surface area contributed by atoms with Crippen LogP contribution in [0.15, 0.2) is 66.0 Å². The highest BCUT2D eigenvalue weighted by molar-refractivity contribution is 7.11. The van der Waals surface area contributed by atoms with Gasteiger partial charge >= 0.3 is 18.1 Å². The van der Waals surface area contributed by atoms with Crippen LogP contribution in [0.2, 0.25) is 0 Å². The van der Waals surface area contributed by atoms with Gasteiger partial charge in [0.15, 0.2) is 0 Å². The van der Waals surface area contributed by atoms with Crippen LogP contribution in [0.4, 0.5) is 35.9 Å². The number of hydrogen-bond donors (Lipinski definition) is 5. The fourth-order valence-electron chi connectivity index (χ4n) is 1.66. The van der Waals surface area contributed by atoms with E-state index in [2.05, 4.69) is 0 Å². The van der Waals surface area contributed by atoms with Crippen LogP contribution in [0, 0.1) is 0 Å². The van der Waals surface area contributed by atoms with E-state index >= 15 is 0 Å². The van der Waals surface area contributed by atoms with Crippen molar-refractivity contribution in [3.63, 3.8) is 0 Å². The fourth-order valence-corrected chi connectivity index (χ4v) is 2.23. The maximum atomic E-state index is 11.8. The normalized spacial score (nSPS) is 9.97. The van der Waals surface area contributed by atoms with Crippen molar-refractivity contribution in [3.05, 3.63) is 70.9 Å². The molecule has 160 valence electrons. The summed E-state index contributed by atoms with van der Waals surface area (Å²) < 4.78 is 35.3. The Hall–Kier alpha value is -3.73. The number of thiophene rings is 1. The van der Waals surface area contributed by atoms with Crippen LogP contribution < -0.4 is 22.5 Å². The molecule has 0 aliphatic heterocycles. The number of aromatic carboxylic acids is 1. The van der Waals surface area contributed by atoms with Gasteiger partial charge in [0.2, 0.25) is 0 Å². The van der Waals surface area contributed by atoms with E-state index in [1.165, 1.54) is 35.6 Å². The van der Waals surface area contributed by atoms with Crippen LogP contribution in [0.1, 0.15) is 9.67 Å².